The Kier molecular flexibility index (Phi) is 4.62. The topological polar surface area (TPSA) is 13.1 Å². The van der Waals surface area contributed by atoms with Gasteiger partial charge < -0.3 is 4.42 Å². The van der Waals surface area contributed by atoms with Crippen molar-refractivity contribution < 1.29 is 4.42 Å². The van der Waals surface area contributed by atoms with Crippen molar-refractivity contribution >= 4 is 70.9 Å². The second kappa shape index (κ2) is 8.56. The molecule has 0 N–H and O–H groups in total. The van der Waals surface area contributed by atoms with Crippen LogP contribution in [0.15, 0.2) is 132 Å². The average molecular weight is 547 g/mol. The van der Waals surface area contributed by atoms with Gasteiger partial charge in [-0.2, -0.15) is 0 Å². The van der Waals surface area contributed by atoms with Crippen LogP contribution in [0, 0.1) is 0 Å². The summed E-state index contributed by atoms with van der Waals surface area (Å²) in [5, 5.41) is 14.1. The number of hydrogen-bond donors (Lipinski definition) is 0. The fraction of sp³-hybridized carbons (Fsp3) is 0.0476. The van der Waals surface area contributed by atoms with Crippen LogP contribution in [0.1, 0.15) is 12.0 Å². The molecule has 0 spiro atoms. The zero-order valence-electron chi connectivity index (χ0n) is 23.5. The molecule has 0 unspecified atom stereocenters. The average Bonchev–Trinajstić information content (AvgIpc) is 3.46. The zero-order valence-corrected chi connectivity index (χ0v) is 23.5. The Hall–Kier alpha value is -5.40. The monoisotopic (exact) mass is 546 g/mol. The highest BCUT2D eigenvalue weighted by atomic mass is 16.3. The molecule has 43 heavy (non-hydrogen) atoms. The summed E-state index contributed by atoms with van der Waals surface area (Å²) >= 11 is 0. The second-order valence-corrected chi connectivity index (χ2v) is 11.9. The first kappa shape index (κ1) is 23.2. The number of hydrogen-bond acceptors (Lipinski definition) is 1. The van der Waals surface area contributed by atoms with Gasteiger partial charge in [0.15, 0.2) is 0 Å². The van der Waals surface area contributed by atoms with E-state index < -0.39 is 0 Å². The van der Waals surface area contributed by atoms with Crippen molar-refractivity contribution in [3.05, 3.63) is 138 Å². The van der Waals surface area contributed by atoms with E-state index in [1.165, 1.54) is 87.1 Å². The predicted octanol–water partition coefficient (Wildman–Crippen LogP) is 11.0. The predicted molar refractivity (Wildman–Crippen MR) is 183 cm³/mol. The lowest BCUT2D eigenvalue weighted by Crippen LogP contribution is -2.07. The number of rotatable bonds is 2. The maximum atomic E-state index is 6.37. The molecule has 0 atom stereocenters. The standard InChI is InChI=1S/C42H26O/c1-2-11-29-25(9-1)19-20-26-23-28(21-22-30(26)29)39-31-12-3-5-14-33(31)41(34-15-6-4-13-32(34)39)36-24-27-10-7-17-37-40(27)42-35(36)16-8-18-38(42)43-37/h1-7,9-15,17-24H,8,16H2. The van der Waals surface area contributed by atoms with Crippen LogP contribution in [0.25, 0.3) is 93.2 Å². The third-order valence-corrected chi connectivity index (χ3v) is 9.66. The number of aryl methyl sites for hydroxylation is 1. The molecule has 1 heteroatoms. The highest BCUT2D eigenvalue weighted by molar-refractivity contribution is 6.24. The maximum Gasteiger partial charge on any atom is 0.136 e. The van der Waals surface area contributed by atoms with Gasteiger partial charge in [-0.05, 0) is 113 Å². The van der Waals surface area contributed by atoms with Crippen LogP contribution in [0.2, 0.25) is 0 Å². The van der Waals surface area contributed by atoms with Crippen LogP contribution in [0.4, 0.5) is 0 Å². The summed E-state index contributed by atoms with van der Waals surface area (Å²) in [6, 6.07) is 47.1. The van der Waals surface area contributed by atoms with Crippen molar-refractivity contribution in [1.82, 2.24) is 0 Å². The van der Waals surface area contributed by atoms with Gasteiger partial charge in [-0.15, -0.1) is 0 Å². The molecule has 0 amide bonds. The Balaban J connectivity index is 1.33. The summed E-state index contributed by atoms with van der Waals surface area (Å²) in [5.74, 6) is 0. The zero-order chi connectivity index (χ0) is 28.1. The highest BCUT2D eigenvalue weighted by Gasteiger charge is 2.23. The molecule has 0 aliphatic heterocycles. The van der Waals surface area contributed by atoms with Gasteiger partial charge in [0.05, 0.1) is 0 Å². The Morgan fingerprint density at radius 1 is 0.465 bits per heavy atom. The Labute approximate surface area is 248 Å². The molecule has 10 rings (SSSR count). The van der Waals surface area contributed by atoms with E-state index in [1.54, 1.807) is 0 Å². The van der Waals surface area contributed by atoms with Crippen LogP contribution < -0.4 is 5.42 Å². The molecule has 8 aromatic carbocycles. The summed E-state index contributed by atoms with van der Waals surface area (Å²) in [6.07, 6.45) is 4.28. The third kappa shape index (κ3) is 3.17. The molecule has 200 valence electrons. The van der Waals surface area contributed by atoms with Crippen LogP contribution in [0.3, 0.4) is 0 Å². The van der Waals surface area contributed by atoms with Crippen LogP contribution in [0.5, 0.6) is 0 Å². The van der Waals surface area contributed by atoms with E-state index >= 15 is 0 Å². The Morgan fingerprint density at radius 2 is 1.12 bits per heavy atom. The molecular formula is C42H26O. The molecule has 1 aliphatic rings. The van der Waals surface area contributed by atoms with Crippen LogP contribution in [-0.2, 0) is 6.42 Å². The summed E-state index contributed by atoms with van der Waals surface area (Å²) in [7, 11) is 0. The minimum Gasteiger partial charge on any atom is -0.456 e. The van der Waals surface area contributed by atoms with E-state index in [2.05, 4.69) is 133 Å². The summed E-state index contributed by atoms with van der Waals surface area (Å²) in [5.41, 5.74) is 8.65. The lowest BCUT2D eigenvalue weighted by molar-refractivity contribution is 0.579. The minimum atomic E-state index is 0.989. The normalized spacial score (nSPS) is 13.1. The molecule has 9 aromatic rings. The van der Waals surface area contributed by atoms with Gasteiger partial charge in [-0.1, -0.05) is 109 Å². The molecule has 0 radical (unpaired) electrons. The Morgan fingerprint density at radius 3 is 1.91 bits per heavy atom. The van der Waals surface area contributed by atoms with E-state index in [1.807, 2.05) is 0 Å². The molecular weight excluding hydrogens is 520 g/mol. The first-order valence-corrected chi connectivity index (χ1v) is 15.2. The van der Waals surface area contributed by atoms with Crippen molar-refractivity contribution in [3.63, 3.8) is 0 Å². The number of benzene rings is 8. The third-order valence-electron chi connectivity index (χ3n) is 9.66. The van der Waals surface area contributed by atoms with Gasteiger partial charge in [0, 0.05) is 10.8 Å². The minimum absolute atomic E-state index is 0.989. The van der Waals surface area contributed by atoms with E-state index in [4.69, 9.17) is 4.42 Å². The second-order valence-electron chi connectivity index (χ2n) is 11.9. The van der Waals surface area contributed by atoms with Crippen molar-refractivity contribution in [2.75, 3.05) is 0 Å². The first-order chi connectivity index (χ1) is 21.3. The van der Waals surface area contributed by atoms with E-state index in [9.17, 15) is 0 Å². The van der Waals surface area contributed by atoms with Gasteiger partial charge >= 0.3 is 0 Å². The molecule has 0 fully saturated rings. The highest BCUT2D eigenvalue weighted by Crippen LogP contribution is 2.47. The van der Waals surface area contributed by atoms with Crippen molar-refractivity contribution in [2.45, 2.75) is 12.8 Å². The largest absolute Gasteiger partial charge is 0.456 e. The van der Waals surface area contributed by atoms with Gasteiger partial charge in [0.2, 0.25) is 0 Å². The SMILES string of the molecule is C1=c2oc3cccc4cc(-c5c6ccccc6c(-c6ccc7c(ccc8ccccc87)c6)c6ccccc56)c(c2c43)CC1. The first-order valence-electron chi connectivity index (χ1n) is 15.2. The van der Waals surface area contributed by atoms with Crippen molar-refractivity contribution in [1.29, 1.82) is 0 Å². The van der Waals surface area contributed by atoms with Crippen molar-refractivity contribution in [3.8, 4) is 22.3 Å². The van der Waals surface area contributed by atoms with Gasteiger partial charge in [-0.3, -0.25) is 0 Å². The number of fused-ring (bicyclic) bond motifs is 5. The molecule has 1 heterocycles. The lowest BCUT2D eigenvalue weighted by Gasteiger charge is -2.21. The quantitative estimate of drug-likeness (QED) is 0.155. The van der Waals surface area contributed by atoms with Crippen molar-refractivity contribution in [2.24, 2.45) is 0 Å². The molecule has 1 nitrogen and oxygen atoms in total. The molecule has 1 aliphatic carbocycles. The molecule has 0 bridgehead atoms. The van der Waals surface area contributed by atoms with Gasteiger partial charge in [0.25, 0.3) is 0 Å². The number of furan rings is 1. The fourth-order valence-corrected chi connectivity index (χ4v) is 7.86. The van der Waals surface area contributed by atoms with Gasteiger partial charge in [-0.25, -0.2) is 0 Å². The summed E-state index contributed by atoms with van der Waals surface area (Å²) in [4.78, 5) is 0. The summed E-state index contributed by atoms with van der Waals surface area (Å²) in [6.45, 7) is 0. The van der Waals surface area contributed by atoms with E-state index in [0.717, 1.165) is 23.8 Å². The molecule has 0 saturated carbocycles. The van der Waals surface area contributed by atoms with E-state index in [0.29, 0.717) is 0 Å². The smallest absolute Gasteiger partial charge is 0.136 e. The van der Waals surface area contributed by atoms with Crippen LogP contribution in [-0.4, -0.2) is 0 Å². The van der Waals surface area contributed by atoms with Gasteiger partial charge in [0.1, 0.15) is 11.0 Å². The lowest BCUT2D eigenvalue weighted by atomic mass is 9.81. The maximum absolute atomic E-state index is 6.37. The Bertz CT molecular complexity index is 2610. The molecule has 0 saturated heterocycles. The fourth-order valence-electron chi connectivity index (χ4n) is 7.86. The van der Waals surface area contributed by atoms with E-state index in [-0.39, 0.29) is 0 Å². The summed E-state index contributed by atoms with van der Waals surface area (Å²) < 4.78 is 6.37. The van der Waals surface area contributed by atoms with Crippen LogP contribution >= 0.6 is 0 Å². The molecule has 1 aromatic heterocycles.